The van der Waals surface area contributed by atoms with Crippen molar-refractivity contribution in [2.45, 2.75) is 51.9 Å². The maximum absolute atomic E-state index is 13.4. The van der Waals surface area contributed by atoms with Crippen molar-refractivity contribution >= 4 is 27.8 Å². The number of unbranched alkanes of at least 4 members (excludes halogenated alkanes) is 5. The maximum atomic E-state index is 13.4. The quantitative estimate of drug-likeness (QED) is 0.293. The predicted octanol–water partition coefficient (Wildman–Crippen LogP) is 7.55. The van der Waals surface area contributed by atoms with Gasteiger partial charge in [-0.05, 0) is 48.4 Å². The van der Waals surface area contributed by atoms with Crippen LogP contribution in [0.1, 0.15) is 56.7 Å². The molecule has 1 heterocycles. The molecule has 166 valence electrons. The normalized spacial score (nSPS) is 11.0. The summed E-state index contributed by atoms with van der Waals surface area (Å²) in [7, 11) is 2.14. The Morgan fingerprint density at radius 3 is 2.42 bits per heavy atom. The van der Waals surface area contributed by atoms with Crippen LogP contribution in [0.2, 0.25) is 0 Å². The van der Waals surface area contributed by atoms with Crippen LogP contribution in [0, 0.1) is 11.6 Å². The monoisotopic (exact) mass is 443 g/mol. The zero-order chi connectivity index (χ0) is 22.1. The van der Waals surface area contributed by atoms with Gasteiger partial charge in [-0.15, -0.1) is 11.3 Å². The number of nitrogens with one attached hydrogen (secondary N) is 1. The van der Waals surface area contributed by atoms with E-state index in [2.05, 4.69) is 53.4 Å². The molecule has 0 saturated carbocycles. The first-order valence-corrected chi connectivity index (χ1v) is 11.9. The molecule has 3 rings (SSSR count). The van der Waals surface area contributed by atoms with Gasteiger partial charge in [0.1, 0.15) is 0 Å². The van der Waals surface area contributed by atoms with Crippen LogP contribution >= 0.6 is 11.3 Å². The van der Waals surface area contributed by atoms with Gasteiger partial charge in [0, 0.05) is 36.8 Å². The minimum atomic E-state index is -0.828. The fraction of sp³-hybridized carbons (Fsp3) is 0.400. The lowest BCUT2D eigenvalue weighted by Gasteiger charge is -2.19. The van der Waals surface area contributed by atoms with Gasteiger partial charge in [-0.3, -0.25) is 0 Å². The molecular weight excluding hydrogens is 412 g/mol. The lowest BCUT2D eigenvalue weighted by Crippen LogP contribution is -2.18. The van der Waals surface area contributed by atoms with Crippen LogP contribution in [0.25, 0.3) is 0 Å². The van der Waals surface area contributed by atoms with Crippen molar-refractivity contribution in [3.63, 3.8) is 0 Å². The fourth-order valence-electron chi connectivity index (χ4n) is 3.49. The van der Waals surface area contributed by atoms with E-state index in [0.717, 1.165) is 29.1 Å². The van der Waals surface area contributed by atoms with Crippen molar-refractivity contribution in [2.75, 3.05) is 23.8 Å². The van der Waals surface area contributed by atoms with E-state index in [4.69, 9.17) is 0 Å². The van der Waals surface area contributed by atoms with E-state index in [1.165, 1.54) is 61.6 Å². The highest BCUT2D eigenvalue weighted by Crippen LogP contribution is 2.25. The van der Waals surface area contributed by atoms with E-state index < -0.39 is 11.6 Å². The fourth-order valence-corrected chi connectivity index (χ4v) is 4.22. The number of hydrogen-bond donors (Lipinski definition) is 1. The molecule has 6 heteroatoms. The molecule has 3 nitrogen and oxygen atoms in total. The summed E-state index contributed by atoms with van der Waals surface area (Å²) in [6.07, 6.45) is 8.29. The standard InChI is InChI=1S/C25H31F2N3S/c1-3-4-5-6-7-8-15-30(2)22-12-10-20(11-13-22)28-25-29-21(18-31-25)16-19-9-14-23(26)24(27)17-19/h9-14,17-18H,3-8,15-16H2,1-2H3,(H,28,29). The van der Waals surface area contributed by atoms with Gasteiger partial charge in [0.05, 0.1) is 5.69 Å². The predicted molar refractivity (Wildman–Crippen MR) is 128 cm³/mol. The first-order valence-electron chi connectivity index (χ1n) is 11.0. The third-order valence-electron chi connectivity index (χ3n) is 5.33. The molecule has 1 N–H and O–H groups in total. The number of anilines is 3. The summed E-state index contributed by atoms with van der Waals surface area (Å²) < 4.78 is 26.5. The average molecular weight is 444 g/mol. The number of thiazole rings is 1. The highest BCUT2D eigenvalue weighted by atomic mass is 32.1. The molecule has 0 saturated heterocycles. The molecule has 0 aliphatic heterocycles. The molecule has 0 spiro atoms. The summed E-state index contributed by atoms with van der Waals surface area (Å²) in [6.45, 7) is 3.31. The van der Waals surface area contributed by atoms with E-state index in [0.29, 0.717) is 12.0 Å². The van der Waals surface area contributed by atoms with Gasteiger partial charge in [0.15, 0.2) is 16.8 Å². The molecule has 0 fully saturated rings. The number of rotatable bonds is 12. The van der Waals surface area contributed by atoms with Crippen molar-refractivity contribution in [3.8, 4) is 0 Å². The van der Waals surface area contributed by atoms with Crippen LogP contribution in [0.5, 0.6) is 0 Å². The van der Waals surface area contributed by atoms with Crippen LogP contribution in [0.15, 0.2) is 47.8 Å². The molecule has 0 unspecified atom stereocenters. The average Bonchev–Trinajstić information content (AvgIpc) is 3.20. The van der Waals surface area contributed by atoms with Crippen molar-refractivity contribution in [3.05, 3.63) is 70.7 Å². The molecule has 0 atom stereocenters. The van der Waals surface area contributed by atoms with Gasteiger partial charge < -0.3 is 10.2 Å². The van der Waals surface area contributed by atoms with Gasteiger partial charge in [0.2, 0.25) is 0 Å². The SMILES string of the molecule is CCCCCCCCN(C)c1ccc(Nc2nc(Cc3ccc(F)c(F)c3)cs2)cc1. The Hall–Kier alpha value is -2.47. The molecule has 1 aromatic heterocycles. The smallest absolute Gasteiger partial charge is 0.187 e. The Morgan fingerprint density at radius 2 is 1.68 bits per heavy atom. The summed E-state index contributed by atoms with van der Waals surface area (Å²) in [5.74, 6) is -1.65. The van der Waals surface area contributed by atoms with Gasteiger partial charge >= 0.3 is 0 Å². The first-order chi connectivity index (χ1) is 15.0. The molecule has 0 aliphatic rings. The molecule has 0 radical (unpaired) electrons. The Bertz CT molecular complexity index is 940. The number of nitrogens with zero attached hydrogens (tertiary/aromatic N) is 2. The topological polar surface area (TPSA) is 28.2 Å². The van der Waals surface area contributed by atoms with Crippen LogP contribution in [-0.2, 0) is 6.42 Å². The zero-order valence-electron chi connectivity index (χ0n) is 18.3. The van der Waals surface area contributed by atoms with Gasteiger partial charge in [-0.25, -0.2) is 13.8 Å². The second kappa shape index (κ2) is 11.8. The molecule has 0 amide bonds. The Kier molecular flexibility index (Phi) is 8.83. The lowest BCUT2D eigenvalue weighted by atomic mass is 10.1. The minimum Gasteiger partial charge on any atom is -0.375 e. The highest BCUT2D eigenvalue weighted by molar-refractivity contribution is 7.13. The first kappa shape index (κ1) is 23.2. The van der Waals surface area contributed by atoms with E-state index in [1.54, 1.807) is 6.07 Å². The summed E-state index contributed by atoms with van der Waals surface area (Å²) in [6, 6.07) is 12.3. The third-order valence-corrected chi connectivity index (χ3v) is 6.13. The second-order valence-corrected chi connectivity index (χ2v) is 8.79. The van der Waals surface area contributed by atoms with Crippen LogP contribution in [0.4, 0.5) is 25.3 Å². The molecule has 0 aliphatic carbocycles. The third kappa shape index (κ3) is 7.31. The van der Waals surface area contributed by atoms with Gasteiger partial charge in [-0.1, -0.05) is 45.1 Å². The summed E-state index contributed by atoms with van der Waals surface area (Å²) in [5, 5.41) is 6.04. The second-order valence-electron chi connectivity index (χ2n) is 7.93. The van der Waals surface area contributed by atoms with Crippen LogP contribution < -0.4 is 10.2 Å². The number of halogens is 2. The Morgan fingerprint density at radius 1 is 0.935 bits per heavy atom. The van der Waals surface area contributed by atoms with Crippen LogP contribution in [0.3, 0.4) is 0 Å². The summed E-state index contributed by atoms with van der Waals surface area (Å²) in [5.41, 5.74) is 3.71. The number of aromatic nitrogens is 1. The zero-order valence-corrected chi connectivity index (χ0v) is 19.2. The molecule has 2 aromatic carbocycles. The summed E-state index contributed by atoms with van der Waals surface area (Å²) in [4.78, 5) is 6.86. The van der Waals surface area contributed by atoms with E-state index in [-0.39, 0.29) is 0 Å². The van der Waals surface area contributed by atoms with Crippen molar-refractivity contribution in [1.82, 2.24) is 4.98 Å². The maximum Gasteiger partial charge on any atom is 0.187 e. The van der Waals surface area contributed by atoms with Crippen molar-refractivity contribution < 1.29 is 8.78 Å². The van der Waals surface area contributed by atoms with Gasteiger partial charge in [0.25, 0.3) is 0 Å². The van der Waals surface area contributed by atoms with E-state index >= 15 is 0 Å². The van der Waals surface area contributed by atoms with Gasteiger partial charge in [-0.2, -0.15) is 0 Å². The van der Waals surface area contributed by atoms with E-state index in [1.807, 2.05) is 5.38 Å². The largest absolute Gasteiger partial charge is 0.375 e. The van der Waals surface area contributed by atoms with Crippen molar-refractivity contribution in [2.24, 2.45) is 0 Å². The Balaban J connectivity index is 1.48. The van der Waals surface area contributed by atoms with Crippen LogP contribution in [-0.4, -0.2) is 18.6 Å². The van der Waals surface area contributed by atoms with E-state index in [9.17, 15) is 8.78 Å². The Labute approximate surface area is 188 Å². The lowest BCUT2D eigenvalue weighted by molar-refractivity contribution is 0.507. The molecular formula is C25H31F2N3S. The molecule has 31 heavy (non-hydrogen) atoms. The number of hydrogen-bond acceptors (Lipinski definition) is 4. The molecule has 0 bridgehead atoms. The minimum absolute atomic E-state index is 0.470. The molecule has 3 aromatic rings. The van der Waals surface area contributed by atoms with Crippen molar-refractivity contribution in [1.29, 1.82) is 0 Å². The highest BCUT2D eigenvalue weighted by Gasteiger charge is 2.07. The number of benzene rings is 2. The summed E-state index contributed by atoms with van der Waals surface area (Å²) >= 11 is 1.50.